The molecule has 0 aliphatic rings. The third-order valence-electron chi connectivity index (χ3n) is 9.82. The van der Waals surface area contributed by atoms with Gasteiger partial charge in [0.2, 0.25) is 0 Å². The summed E-state index contributed by atoms with van der Waals surface area (Å²) in [5.41, 5.74) is 4.71. The lowest BCUT2D eigenvalue weighted by molar-refractivity contribution is 0.669. The molecule has 0 bridgehead atoms. The molecule has 5 heteroatoms. The number of fused-ring (bicyclic) bond motifs is 6. The van der Waals surface area contributed by atoms with Crippen LogP contribution in [0.2, 0.25) is 0 Å². The minimum Gasteiger partial charge on any atom is -0.456 e. The maximum atomic E-state index is 9.67. The summed E-state index contributed by atoms with van der Waals surface area (Å²) in [5, 5.41) is 1.51. The molecular formula is C51H32N4O. The van der Waals surface area contributed by atoms with E-state index in [1.54, 1.807) is 24.3 Å². The van der Waals surface area contributed by atoms with Crippen LogP contribution >= 0.6 is 0 Å². The fraction of sp³-hybridized carbons (Fsp3) is 0. The maximum Gasteiger partial charge on any atom is 0.164 e. The van der Waals surface area contributed by atoms with Crippen molar-refractivity contribution in [2.24, 2.45) is 0 Å². The van der Waals surface area contributed by atoms with Gasteiger partial charge in [-0.15, -0.1) is 0 Å². The molecule has 0 saturated carbocycles. The molecular weight excluding hydrogens is 685 g/mol. The van der Waals surface area contributed by atoms with Gasteiger partial charge in [0.25, 0.3) is 0 Å². The Labute approximate surface area is 339 Å². The van der Waals surface area contributed by atoms with Gasteiger partial charge in [0.1, 0.15) is 11.2 Å². The molecule has 5 nitrogen and oxygen atoms in total. The fourth-order valence-electron chi connectivity index (χ4n) is 7.09. The van der Waals surface area contributed by atoms with Crippen molar-refractivity contribution in [2.45, 2.75) is 0 Å². The molecule has 262 valence electrons. The van der Waals surface area contributed by atoms with Gasteiger partial charge in [0, 0.05) is 43.9 Å². The van der Waals surface area contributed by atoms with E-state index >= 15 is 0 Å². The highest BCUT2D eigenvalue weighted by atomic mass is 16.3. The van der Waals surface area contributed by atoms with E-state index in [9.17, 15) is 4.11 Å². The van der Waals surface area contributed by atoms with E-state index < -0.39 is 78.2 Å². The van der Waals surface area contributed by atoms with Crippen LogP contribution in [-0.2, 0) is 0 Å². The number of hydrogen-bond donors (Lipinski definition) is 0. The second-order valence-electron chi connectivity index (χ2n) is 13.1. The van der Waals surface area contributed by atoms with Crippen LogP contribution in [0.15, 0.2) is 198 Å². The van der Waals surface area contributed by atoms with Crippen molar-refractivity contribution in [3.8, 4) is 62.1 Å². The molecule has 0 unspecified atom stereocenters. The average Bonchev–Trinajstić information content (AvgIpc) is 3.92. The van der Waals surface area contributed by atoms with E-state index in [4.69, 9.17) is 31.7 Å². The van der Waals surface area contributed by atoms with Gasteiger partial charge in [-0.1, -0.05) is 151 Å². The second-order valence-corrected chi connectivity index (χ2v) is 13.1. The van der Waals surface area contributed by atoms with E-state index in [1.165, 1.54) is 0 Å². The fourth-order valence-corrected chi connectivity index (χ4v) is 7.09. The molecule has 0 aliphatic heterocycles. The summed E-state index contributed by atoms with van der Waals surface area (Å²) in [5.74, 6) is 1.09. The van der Waals surface area contributed by atoms with E-state index in [0.29, 0.717) is 39.7 Å². The van der Waals surface area contributed by atoms with E-state index in [2.05, 4.69) is 0 Å². The van der Waals surface area contributed by atoms with Crippen LogP contribution in [0.3, 0.4) is 0 Å². The first-order chi connectivity index (χ1) is 32.7. The Kier molecular flexibility index (Phi) is 5.10. The largest absolute Gasteiger partial charge is 0.456 e. The third kappa shape index (κ3) is 5.45. The Morgan fingerprint density at radius 3 is 1.70 bits per heavy atom. The molecule has 0 aliphatic carbocycles. The van der Waals surface area contributed by atoms with Gasteiger partial charge in [-0.2, -0.15) is 0 Å². The highest BCUT2D eigenvalue weighted by molar-refractivity contribution is 6.10. The summed E-state index contributed by atoms with van der Waals surface area (Å²) in [6.07, 6.45) is 0. The Balaban J connectivity index is 1.09. The second kappa shape index (κ2) is 13.0. The van der Waals surface area contributed by atoms with E-state index in [-0.39, 0.29) is 27.4 Å². The molecule has 0 N–H and O–H groups in total. The summed E-state index contributed by atoms with van der Waals surface area (Å²) >= 11 is 0. The number of rotatable bonds is 6. The van der Waals surface area contributed by atoms with Crippen LogP contribution in [0.1, 0.15) is 16.4 Å². The minimum atomic E-state index is -0.702. The number of nitrogens with zero attached hydrogens (tertiary/aromatic N) is 4. The van der Waals surface area contributed by atoms with Crippen molar-refractivity contribution in [3.05, 3.63) is 194 Å². The molecule has 0 amide bonds. The quantitative estimate of drug-likeness (QED) is 0.171. The minimum absolute atomic E-state index is 0.0598. The first-order valence-electron chi connectivity index (χ1n) is 23.8. The van der Waals surface area contributed by atoms with Gasteiger partial charge in [0.05, 0.1) is 27.5 Å². The Morgan fingerprint density at radius 1 is 0.393 bits per heavy atom. The van der Waals surface area contributed by atoms with Crippen LogP contribution in [0.5, 0.6) is 0 Å². The number of para-hydroxylation sites is 3. The zero-order chi connectivity index (χ0) is 47.4. The van der Waals surface area contributed by atoms with Gasteiger partial charge >= 0.3 is 0 Å². The third-order valence-corrected chi connectivity index (χ3v) is 9.82. The van der Waals surface area contributed by atoms with Gasteiger partial charge in [0.15, 0.2) is 17.5 Å². The zero-order valence-corrected chi connectivity index (χ0v) is 29.2. The molecule has 0 saturated heterocycles. The summed E-state index contributed by atoms with van der Waals surface area (Å²) < 4.78 is 113. The molecule has 0 atom stereocenters. The molecule has 0 spiro atoms. The Hall–Kier alpha value is -7.63. The highest BCUT2D eigenvalue weighted by Crippen LogP contribution is 2.36. The molecule has 8 aromatic carbocycles. The lowest BCUT2D eigenvalue weighted by Gasteiger charge is -2.10. The van der Waals surface area contributed by atoms with Crippen LogP contribution in [0.25, 0.3) is 106 Å². The monoisotopic (exact) mass is 728 g/mol. The smallest absolute Gasteiger partial charge is 0.164 e. The number of aromatic nitrogens is 4. The van der Waals surface area contributed by atoms with Gasteiger partial charge in [-0.05, 0) is 64.6 Å². The molecule has 3 heterocycles. The Bertz CT molecular complexity index is 3900. The van der Waals surface area contributed by atoms with Gasteiger partial charge in [-0.3, -0.25) is 0 Å². The van der Waals surface area contributed by atoms with E-state index in [1.807, 2.05) is 97.1 Å². The number of furan rings is 1. The number of hydrogen-bond acceptors (Lipinski definition) is 4. The maximum absolute atomic E-state index is 9.67. The normalized spacial score (nSPS) is 14.6. The summed E-state index contributed by atoms with van der Waals surface area (Å²) in [6.45, 7) is 0. The zero-order valence-electron chi connectivity index (χ0n) is 41.2. The van der Waals surface area contributed by atoms with Crippen LogP contribution in [0.4, 0.5) is 0 Å². The van der Waals surface area contributed by atoms with Crippen LogP contribution < -0.4 is 0 Å². The average molecular weight is 729 g/mol. The van der Waals surface area contributed by atoms with Crippen molar-refractivity contribution in [1.82, 2.24) is 19.5 Å². The lowest BCUT2D eigenvalue weighted by Crippen LogP contribution is -2.00. The van der Waals surface area contributed by atoms with Crippen molar-refractivity contribution in [1.29, 1.82) is 0 Å². The first kappa shape index (κ1) is 21.9. The van der Waals surface area contributed by atoms with Gasteiger partial charge in [-0.25, -0.2) is 15.0 Å². The topological polar surface area (TPSA) is 56.7 Å². The first-order valence-corrected chi connectivity index (χ1v) is 17.8. The molecule has 3 aromatic heterocycles. The molecule has 0 fully saturated rings. The number of benzene rings is 8. The van der Waals surface area contributed by atoms with Crippen molar-refractivity contribution < 1.29 is 20.9 Å². The van der Waals surface area contributed by atoms with Gasteiger partial charge < -0.3 is 8.98 Å². The molecule has 0 radical (unpaired) electrons. The standard InChI is InChI=1S/C51H32N4O/c1-3-11-33(12-4-1)34-19-23-36(24-20-34)49-52-50(54-51(53-49)39-28-30-44-43-16-8-10-18-47(43)56-48(44)32-39)37-25-21-35(22-26-37)38-27-29-42-41-15-7-9-17-45(41)55(46(42)31-38)40-13-5-2-6-14-40/h1-32H/i2D,5D,6D,7D,9D,13D,14D,15D,17D,27D,29D,31D. The SMILES string of the molecule is [2H]c1c([2H])c([2H])c(-n2c3c([2H])c([2H])c([2H])c([2H])c3c3c([2H])c([2H])c(-c4ccc(-c5nc(-c6ccc(-c7ccccc7)cc6)nc(-c6ccc7c(c6)oc6ccccc67)n5)cc4)c([2H])c32)c([2H])c1[2H]. The molecule has 11 rings (SSSR count). The molecule has 56 heavy (non-hydrogen) atoms. The Morgan fingerprint density at radius 2 is 0.946 bits per heavy atom. The van der Waals surface area contributed by atoms with Crippen LogP contribution in [0, 0.1) is 0 Å². The summed E-state index contributed by atoms with van der Waals surface area (Å²) in [6, 6.07) is 30.9. The van der Waals surface area contributed by atoms with Crippen LogP contribution in [-0.4, -0.2) is 19.5 Å². The summed E-state index contributed by atoms with van der Waals surface area (Å²) in [7, 11) is 0. The predicted octanol–water partition coefficient (Wildman–Crippen LogP) is 13.2. The van der Waals surface area contributed by atoms with Crippen molar-refractivity contribution in [3.63, 3.8) is 0 Å². The van der Waals surface area contributed by atoms with Crippen molar-refractivity contribution in [2.75, 3.05) is 0 Å². The summed E-state index contributed by atoms with van der Waals surface area (Å²) in [4.78, 5) is 14.8. The predicted molar refractivity (Wildman–Crippen MR) is 229 cm³/mol. The highest BCUT2D eigenvalue weighted by Gasteiger charge is 2.17. The lowest BCUT2D eigenvalue weighted by atomic mass is 10.0. The molecule has 11 aromatic rings. The van der Waals surface area contributed by atoms with E-state index in [0.717, 1.165) is 37.6 Å². The van der Waals surface area contributed by atoms with Crippen molar-refractivity contribution >= 4 is 43.7 Å².